The van der Waals surface area contributed by atoms with Gasteiger partial charge in [-0.3, -0.25) is 4.79 Å². The van der Waals surface area contributed by atoms with Crippen LogP contribution in [0.2, 0.25) is 0 Å². The molecule has 0 amide bonds. The molecule has 1 heterocycles. The largest absolute Gasteiger partial charge is 0.481 e. The first-order valence-corrected chi connectivity index (χ1v) is 7.12. The summed E-state index contributed by atoms with van der Waals surface area (Å²) in [5, 5.41) is 9.04. The molecule has 0 aromatic heterocycles. The van der Waals surface area contributed by atoms with Crippen molar-refractivity contribution < 1.29 is 9.90 Å². The molecule has 1 aliphatic heterocycles. The van der Waals surface area contributed by atoms with Gasteiger partial charge in [0.25, 0.3) is 0 Å². The SMILES string of the molecule is CCC(CN(C)CCC1CCN(C)CC1)C(=O)O. The average Bonchev–Trinajstić information content (AvgIpc) is 2.35. The maximum absolute atomic E-state index is 11.0. The fourth-order valence-electron chi connectivity index (χ4n) is 2.60. The lowest BCUT2D eigenvalue weighted by atomic mass is 9.93. The molecule has 0 saturated carbocycles. The van der Waals surface area contributed by atoms with Gasteiger partial charge in [0.2, 0.25) is 0 Å². The smallest absolute Gasteiger partial charge is 0.307 e. The van der Waals surface area contributed by atoms with Gasteiger partial charge in [-0.2, -0.15) is 0 Å². The third-order valence-corrected chi connectivity index (χ3v) is 4.13. The highest BCUT2D eigenvalue weighted by atomic mass is 16.4. The summed E-state index contributed by atoms with van der Waals surface area (Å²) >= 11 is 0. The summed E-state index contributed by atoms with van der Waals surface area (Å²) in [6, 6.07) is 0. The van der Waals surface area contributed by atoms with Crippen molar-refractivity contribution in [3.8, 4) is 0 Å². The van der Waals surface area contributed by atoms with Crippen LogP contribution in [0.1, 0.15) is 32.6 Å². The van der Waals surface area contributed by atoms with Gasteiger partial charge < -0.3 is 14.9 Å². The molecule has 106 valence electrons. The number of carboxylic acids is 1. The highest BCUT2D eigenvalue weighted by molar-refractivity contribution is 5.70. The van der Waals surface area contributed by atoms with Crippen molar-refractivity contribution in [2.75, 3.05) is 40.3 Å². The lowest BCUT2D eigenvalue weighted by molar-refractivity contribution is -0.142. The third-order valence-electron chi connectivity index (χ3n) is 4.13. The van der Waals surface area contributed by atoms with E-state index in [-0.39, 0.29) is 5.92 Å². The molecule has 1 N–H and O–H groups in total. The van der Waals surface area contributed by atoms with E-state index in [9.17, 15) is 4.79 Å². The predicted molar refractivity (Wildman–Crippen MR) is 73.8 cm³/mol. The van der Waals surface area contributed by atoms with Crippen molar-refractivity contribution >= 4 is 5.97 Å². The highest BCUT2D eigenvalue weighted by Gasteiger charge is 2.19. The Hall–Kier alpha value is -0.610. The highest BCUT2D eigenvalue weighted by Crippen LogP contribution is 2.19. The van der Waals surface area contributed by atoms with E-state index >= 15 is 0 Å². The zero-order chi connectivity index (χ0) is 13.5. The second-order valence-electron chi connectivity index (χ2n) is 5.74. The Labute approximate surface area is 111 Å². The quantitative estimate of drug-likeness (QED) is 0.754. The summed E-state index contributed by atoms with van der Waals surface area (Å²) < 4.78 is 0. The minimum absolute atomic E-state index is 0.215. The summed E-state index contributed by atoms with van der Waals surface area (Å²) in [7, 11) is 4.22. The molecule has 0 bridgehead atoms. The Kier molecular flexibility index (Phi) is 6.65. The lowest BCUT2D eigenvalue weighted by Gasteiger charge is -2.30. The number of hydrogen-bond acceptors (Lipinski definition) is 3. The van der Waals surface area contributed by atoms with E-state index in [2.05, 4.69) is 16.8 Å². The fourth-order valence-corrected chi connectivity index (χ4v) is 2.60. The number of aliphatic carboxylic acids is 1. The van der Waals surface area contributed by atoms with Crippen molar-refractivity contribution in [1.29, 1.82) is 0 Å². The number of carboxylic acid groups (broad SMARTS) is 1. The molecule has 0 aromatic carbocycles. The Morgan fingerprint density at radius 2 is 2.06 bits per heavy atom. The molecule has 1 rings (SSSR count). The number of nitrogens with zero attached hydrogens (tertiary/aromatic N) is 2. The molecule has 0 aliphatic carbocycles. The summed E-state index contributed by atoms with van der Waals surface area (Å²) in [5.41, 5.74) is 0. The molecule has 1 unspecified atom stereocenters. The monoisotopic (exact) mass is 256 g/mol. The van der Waals surface area contributed by atoms with Crippen LogP contribution in [0.4, 0.5) is 0 Å². The molecule has 1 saturated heterocycles. The number of hydrogen-bond donors (Lipinski definition) is 1. The van der Waals surface area contributed by atoms with Crippen LogP contribution in [0.15, 0.2) is 0 Å². The van der Waals surface area contributed by atoms with Gasteiger partial charge in [0.1, 0.15) is 0 Å². The second-order valence-corrected chi connectivity index (χ2v) is 5.74. The van der Waals surface area contributed by atoms with Crippen LogP contribution in [0, 0.1) is 11.8 Å². The molecule has 1 fully saturated rings. The third kappa shape index (κ3) is 5.36. The predicted octanol–water partition coefficient (Wildman–Crippen LogP) is 1.76. The van der Waals surface area contributed by atoms with Crippen LogP contribution < -0.4 is 0 Å². The summed E-state index contributed by atoms with van der Waals surface area (Å²) in [6.45, 7) is 6.07. The minimum atomic E-state index is -0.663. The minimum Gasteiger partial charge on any atom is -0.481 e. The van der Waals surface area contributed by atoms with Crippen LogP contribution in [0.25, 0.3) is 0 Å². The van der Waals surface area contributed by atoms with Crippen molar-refractivity contribution in [3.63, 3.8) is 0 Å². The Balaban J connectivity index is 2.20. The van der Waals surface area contributed by atoms with E-state index in [0.29, 0.717) is 13.0 Å². The Morgan fingerprint density at radius 3 is 2.56 bits per heavy atom. The van der Waals surface area contributed by atoms with Crippen LogP contribution >= 0.6 is 0 Å². The van der Waals surface area contributed by atoms with E-state index in [1.165, 1.54) is 32.4 Å². The van der Waals surface area contributed by atoms with Crippen molar-refractivity contribution in [2.45, 2.75) is 32.6 Å². The molecular weight excluding hydrogens is 228 g/mol. The van der Waals surface area contributed by atoms with E-state index in [1.54, 1.807) is 0 Å². The maximum Gasteiger partial charge on any atom is 0.307 e. The molecule has 18 heavy (non-hydrogen) atoms. The summed E-state index contributed by atoms with van der Waals surface area (Å²) in [5.74, 6) is -0.0512. The zero-order valence-corrected chi connectivity index (χ0v) is 12.1. The van der Waals surface area contributed by atoms with Crippen molar-refractivity contribution in [1.82, 2.24) is 9.80 Å². The zero-order valence-electron chi connectivity index (χ0n) is 12.1. The van der Waals surface area contributed by atoms with E-state index in [4.69, 9.17) is 5.11 Å². The van der Waals surface area contributed by atoms with Crippen LogP contribution in [0.5, 0.6) is 0 Å². The first-order valence-electron chi connectivity index (χ1n) is 7.12. The first kappa shape index (κ1) is 15.4. The van der Waals surface area contributed by atoms with Gasteiger partial charge in [0.05, 0.1) is 5.92 Å². The van der Waals surface area contributed by atoms with Gasteiger partial charge in [0.15, 0.2) is 0 Å². The van der Waals surface area contributed by atoms with Crippen molar-refractivity contribution in [3.05, 3.63) is 0 Å². The van der Waals surface area contributed by atoms with Gasteiger partial charge in [-0.05, 0) is 65.3 Å². The normalized spacial score (nSPS) is 20.2. The van der Waals surface area contributed by atoms with Gasteiger partial charge in [-0.25, -0.2) is 0 Å². The van der Waals surface area contributed by atoms with Crippen molar-refractivity contribution in [2.24, 2.45) is 11.8 Å². The Morgan fingerprint density at radius 1 is 1.44 bits per heavy atom. The van der Waals surface area contributed by atoms with E-state index in [1.807, 2.05) is 14.0 Å². The van der Waals surface area contributed by atoms with Gasteiger partial charge in [-0.1, -0.05) is 6.92 Å². The summed E-state index contributed by atoms with van der Waals surface area (Å²) in [6.07, 6.45) is 4.51. The number of piperidine rings is 1. The van der Waals surface area contributed by atoms with E-state index in [0.717, 1.165) is 12.5 Å². The molecule has 4 nitrogen and oxygen atoms in total. The molecule has 1 atom stereocenters. The molecule has 0 aromatic rings. The van der Waals surface area contributed by atoms with Crippen LogP contribution in [-0.4, -0.2) is 61.2 Å². The summed E-state index contributed by atoms with van der Waals surface area (Å²) in [4.78, 5) is 15.5. The number of likely N-dealkylation sites (tertiary alicyclic amines) is 1. The number of rotatable bonds is 7. The molecular formula is C14H28N2O2. The fraction of sp³-hybridized carbons (Fsp3) is 0.929. The van der Waals surface area contributed by atoms with E-state index < -0.39 is 5.97 Å². The average molecular weight is 256 g/mol. The lowest BCUT2D eigenvalue weighted by Crippen LogP contribution is -2.34. The molecule has 4 heteroatoms. The van der Waals surface area contributed by atoms with Gasteiger partial charge in [0, 0.05) is 6.54 Å². The van der Waals surface area contributed by atoms with Crippen LogP contribution in [0.3, 0.4) is 0 Å². The van der Waals surface area contributed by atoms with Gasteiger partial charge in [-0.15, -0.1) is 0 Å². The topological polar surface area (TPSA) is 43.8 Å². The molecule has 0 spiro atoms. The maximum atomic E-state index is 11.0. The molecule has 1 aliphatic rings. The second kappa shape index (κ2) is 7.74. The number of carbonyl (C=O) groups is 1. The Bertz CT molecular complexity index is 250. The standard InChI is InChI=1S/C14H28N2O2/c1-4-13(14(17)18)11-16(3)10-7-12-5-8-15(2)9-6-12/h12-13H,4-11H2,1-3H3,(H,17,18). The van der Waals surface area contributed by atoms with Gasteiger partial charge >= 0.3 is 5.97 Å². The molecule has 0 radical (unpaired) electrons. The van der Waals surface area contributed by atoms with Crippen LogP contribution in [-0.2, 0) is 4.79 Å². The first-order chi connectivity index (χ1) is 8.52.